The summed E-state index contributed by atoms with van der Waals surface area (Å²) in [4.78, 5) is 3.93. The third-order valence-electron chi connectivity index (χ3n) is 1.73. The van der Waals surface area contributed by atoms with E-state index in [0.717, 1.165) is 5.70 Å². The fourth-order valence-corrected chi connectivity index (χ4v) is 0.975. The van der Waals surface area contributed by atoms with Crippen LogP contribution in [0.3, 0.4) is 0 Å². The molecule has 2 aliphatic rings. The predicted octanol–water partition coefficient (Wildman–Crippen LogP) is 3.92. The minimum atomic E-state index is 0.801. The normalized spacial score (nSPS) is 16.4. The molecule has 0 amide bonds. The third-order valence-corrected chi connectivity index (χ3v) is 1.73. The number of hydrogen-bond donors (Lipinski definition) is 0. The van der Waals surface area contributed by atoms with Crippen molar-refractivity contribution in [3.05, 3.63) is 85.2 Å². The lowest BCUT2D eigenvalue weighted by molar-refractivity contribution is 1.46. The topological polar surface area (TPSA) is 12.4 Å². The molecule has 0 aromatic rings. The van der Waals surface area contributed by atoms with Gasteiger partial charge in [0.1, 0.15) is 0 Å². The molecule has 0 bridgehead atoms. The average molecular weight is 209 g/mol. The predicted molar refractivity (Wildman–Crippen MR) is 72.5 cm³/mol. The fourth-order valence-electron chi connectivity index (χ4n) is 0.975. The van der Waals surface area contributed by atoms with Crippen LogP contribution in [-0.2, 0) is 0 Å². The van der Waals surface area contributed by atoms with Gasteiger partial charge in [-0.15, -0.1) is 0 Å². The zero-order valence-corrected chi connectivity index (χ0v) is 9.16. The first-order valence-corrected chi connectivity index (χ1v) is 5.12. The molecule has 0 N–H and O–H groups in total. The molecule has 1 nitrogen and oxygen atoms in total. The maximum atomic E-state index is 3.93. The lowest BCUT2D eigenvalue weighted by Crippen LogP contribution is -1.63. The van der Waals surface area contributed by atoms with E-state index in [1.54, 1.807) is 6.21 Å². The van der Waals surface area contributed by atoms with Gasteiger partial charge in [0, 0.05) is 6.21 Å². The zero-order chi connectivity index (χ0) is 11.5. The maximum Gasteiger partial charge on any atom is 0.0557 e. The molecule has 2 rings (SSSR count). The van der Waals surface area contributed by atoms with Gasteiger partial charge >= 0.3 is 0 Å². The van der Waals surface area contributed by atoms with E-state index in [4.69, 9.17) is 0 Å². The molecule has 1 aliphatic carbocycles. The number of nitrogens with zero attached hydrogens (tertiary/aromatic N) is 1. The van der Waals surface area contributed by atoms with Crippen LogP contribution in [0.25, 0.3) is 0 Å². The van der Waals surface area contributed by atoms with E-state index in [9.17, 15) is 0 Å². The van der Waals surface area contributed by atoms with Gasteiger partial charge in [0.05, 0.1) is 5.70 Å². The highest BCUT2D eigenvalue weighted by Gasteiger charge is 1.79. The summed E-state index contributed by atoms with van der Waals surface area (Å²) in [5.41, 5.74) is 0.801. The van der Waals surface area contributed by atoms with Crippen molar-refractivity contribution < 1.29 is 0 Å². The second kappa shape index (κ2) is 8.18. The van der Waals surface area contributed by atoms with Crippen LogP contribution in [0.1, 0.15) is 0 Å². The summed E-state index contributed by atoms with van der Waals surface area (Å²) in [5, 5.41) is 0. The Morgan fingerprint density at radius 1 is 0.625 bits per heavy atom. The summed E-state index contributed by atoms with van der Waals surface area (Å²) in [7, 11) is 0. The molecule has 0 saturated carbocycles. The van der Waals surface area contributed by atoms with E-state index in [1.807, 2.05) is 72.9 Å². The maximum absolute atomic E-state index is 3.93. The van der Waals surface area contributed by atoms with Gasteiger partial charge in [0.25, 0.3) is 0 Å². The molecule has 0 aromatic carbocycles. The van der Waals surface area contributed by atoms with E-state index in [-0.39, 0.29) is 0 Å². The Hall–Kier alpha value is -2.15. The fraction of sp³-hybridized carbons (Fsp3) is 0. The van der Waals surface area contributed by atoms with Crippen LogP contribution in [-0.4, -0.2) is 6.21 Å². The number of hydrogen-bond acceptors (Lipinski definition) is 1. The van der Waals surface area contributed by atoms with Crippen molar-refractivity contribution in [2.75, 3.05) is 0 Å². The van der Waals surface area contributed by atoms with Crippen LogP contribution in [0, 0.1) is 0 Å². The van der Waals surface area contributed by atoms with Crippen LogP contribution >= 0.6 is 0 Å². The van der Waals surface area contributed by atoms with Crippen LogP contribution in [0.5, 0.6) is 0 Å². The SMILES string of the molecule is C1=CC=CC=CC=C1.C=C1C=CC=CC=N1. The van der Waals surface area contributed by atoms with Crippen molar-refractivity contribution >= 4 is 6.21 Å². The van der Waals surface area contributed by atoms with E-state index < -0.39 is 0 Å². The lowest BCUT2D eigenvalue weighted by atomic mass is 10.3. The zero-order valence-electron chi connectivity index (χ0n) is 9.16. The number of aliphatic imine (C=N–C) groups is 1. The van der Waals surface area contributed by atoms with Gasteiger partial charge in [-0.1, -0.05) is 67.3 Å². The summed E-state index contributed by atoms with van der Waals surface area (Å²) >= 11 is 0. The minimum absolute atomic E-state index is 0.801. The number of rotatable bonds is 0. The lowest BCUT2D eigenvalue weighted by Gasteiger charge is -1.80. The standard InChI is InChI=1S/C8H8.C7H7N/c1-2-4-6-8-7-5-3-1;1-7-5-3-2-4-6-8-7/h1-8H;2-6H,1H2. The van der Waals surface area contributed by atoms with E-state index in [2.05, 4.69) is 11.6 Å². The molecule has 80 valence electrons. The van der Waals surface area contributed by atoms with Crippen molar-refractivity contribution in [2.45, 2.75) is 0 Å². The summed E-state index contributed by atoms with van der Waals surface area (Å²) < 4.78 is 0. The Balaban J connectivity index is 0.000000160. The van der Waals surface area contributed by atoms with E-state index in [1.165, 1.54) is 0 Å². The molecule has 1 heteroatoms. The second-order valence-corrected chi connectivity index (χ2v) is 3.05. The molecule has 0 spiro atoms. The highest BCUT2D eigenvalue weighted by atomic mass is 14.7. The molecular formula is C15H15N. The Labute approximate surface area is 96.9 Å². The van der Waals surface area contributed by atoms with Crippen LogP contribution in [0.2, 0.25) is 0 Å². The smallest absolute Gasteiger partial charge is 0.0557 e. The molecule has 1 aliphatic heterocycles. The van der Waals surface area contributed by atoms with E-state index >= 15 is 0 Å². The van der Waals surface area contributed by atoms with Crippen LogP contribution in [0.15, 0.2) is 90.2 Å². The Kier molecular flexibility index (Phi) is 6.10. The molecule has 1 heterocycles. The minimum Gasteiger partial charge on any atom is -0.258 e. The first kappa shape index (κ1) is 11.9. The monoisotopic (exact) mass is 209 g/mol. The van der Waals surface area contributed by atoms with Crippen molar-refractivity contribution in [1.29, 1.82) is 0 Å². The van der Waals surface area contributed by atoms with Gasteiger partial charge in [0.15, 0.2) is 0 Å². The molecule has 0 atom stereocenters. The summed E-state index contributed by atoms with van der Waals surface area (Å²) in [6.07, 6.45) is 25.3. The highest BCUT2D eigenvalue weighted by molar-refractivity contribution is 5.73. The summed E-state index contributed by atoms with van der Waals surface area (Å²) in [5.74, 6) is 0. The van der Waals surface area contributed by atoms with Gasteiger partial charge in [0.2, 0.25) is 0 Å². The average Bonchev–Trinajstić information content (AvgIpc) is 2.45. The van der Waals surface area contributed by atoms with Crippen molar-refractivity contribution in [1.82, 2.24) is 0 Å². The van der Waals surface area contributed by atoms with Crippen molar-refractivity contribution in [3.8, 4) is 0 Å². The molecular weight excluding hydrogens is 194 g/mol. The van der Waals surface area contributed by atoms with Gasteiger partial charge in [-0.25, -0.2) is 0 Å². The Morgan fingerprint density at radius 2 is 1.06 bits per heavy atom. The van der Waals surface area contributed by atoms with Crippen molar-refractivity contribution in [2.24, 2.45) is 4.99 Å². The van der Waals surface area contributed by atoms with Crippen LogP contribution in [0.4, 0.5) is 0 Å². The van der Waals surface area contributed by atoms with E-state index in [0.29, 0.717) is 0 Å². The summed E-state index contributed by atoms with van der Waals surface area (Å²) in [6, 6.07) is 0. The van der Waals surface area contributed by atoms with Gasteiger partial charge in [-0.05, 0) is 12.2 Å². The quantitative estimate of drug-likeness (QED) is 0.573. The molecule has 0 radical (unpaired) electrons. The third kappa shape index (κ3) is 6.33. The molecule has 0 aromatic heterocycles. The Morgan fingerprint density at radius 3 is 1.56 bits per heavy atom. The largest absolute Gasteiger partial charge is 0.258 e. The van der Waals surface area contributed by atoms with Gasteiger partial charge < -0.3 is 0 Å². The first-order chi connectivity index (χ1) is 7.89. The second-order valence-electron chi connectivity index (χ2n) is 3.05. The molecule has 16 heavy (non-hydrogen) atoms. The van der Waals surface area contributed by atoms with Crippen LogP contribution < -0.4 is 0 Å². The van der Waals surface area contributed by atoms with Gasteiger partial charge in [-0.2, -0.15) is 0 Å². The molecule has 0 fully saturated rings. The first-order valence-electron chi connectivity index (χ1n) is 5.12. The number of allylic oxidation sites excluding steroid dienone is 12. The highest BCUT2D eigenvalue weighted by Crippen LogP contribution is 1.96. The van der Waals surface area contributed by atoms with Gasteiger partial charge in [-0.3, -0.25) is 4.99 Å². The molecule has 0 unspecified atom stereocenters. The summed E-state index contributed by atoms with van der Waals surface area (Å²) in [6.45, 7) is 3.65. The van der Waals surface area contributed by atoms with Crippen molar-refractivity contribution in [3.63, 3.8) is 0 Å². The molecule has 0 saturated heterocycles. The Bertz CT molecular complexity index is 335.